The smallest absolute Gasteiger partial charge is 0.341 e. The molecule has 2 unspecified atom stereocenters. The summed E-state index contributed by atoms with van der Waals surface area (Å²) in [6.07, 6.45) is 3.28. The summed E-state index contributed by atoms with van der Waals surface area (Å²) in [7, 11) is 2.23. The van der Waals surface area contributed by atoms with Gasteiger partial charge in [0.05, 0.1) is 26.7 Å². The minimum absolute atomic E-state index is 0.172. The molecule has 0 saturated heterocycles. The molecule has 0 fully saturated rings. The first kappa shape index (κ1) is 24.7. The van der Waals surface area contributed by atoms with E-state index in [1.165, 1.54) is 0 Å². The van der Waals surface area contributed by atoms with E-state index in [-0.39, 0.29) is 6.42 Å². The number of methoxy groups -OCH3 is 2. The highest BCUT2D eigenvalue weighted by atomic mass is 35.5. The molecule has 0 aliphatic rings. The summed E-state index contributed by atoms with van der Waals surface area (Å²) in [5.41, 5.74) is -1.24. The number of aliphatic hydroxyl groups is 2. The molecule has 0 radical (unpaired) electrons. The van der Waals surface area contributed by atoms with Crippen molar-refractivity contribution in [1.82, 2.24) is 0 Å². The minimum Gasteiger partial charge on any atom is -0.469 e. The lowest BCUT2D eigenvalue weighted by molar-refractivity contribution is -0.182. The van der Waals surface area contributed by atoms with Gasteiger partial charge < -0.3 is 19.7 Å². The van der Waals surface area contributed by atoms with E-state index in [4.69, 9.17) is 23.2 Å². The SMILES string of the molecule is COC(=O)CC(O)(C(=O)OC)C(O)CCCCCCCc1ccc(Cl)cc1Cl. The van der Waals surface area contributed by atoms with Crippen LogP contribution in [0, 0.1) is 0 Å². The normalized spacial score (nSPS) is 14.2. The van der Waals surface area contributed by atoms with Crippen molar-refractivity contribution >= 4 is 35.1 Å². The minimum atomic E-state index is -2.30. The van der Waals surface area contributed by atoms with Crippen LogP contribution in [0.3, 0.4) is 0 Å². The third kappa shape index (κ3) is 7.59. The van der Waals surface area contributed by atoms with Crippen LogP contribution >= 0.6 is 23.2 Å². The Labute approximate surface area is 175 Å². The van der Waals surface area contributed by atoms with Crippen molar-refractivity contribution in [2.75, 3.05) is 14.2 Å². The van der Waals surface area contributed by atoms with E-state index < -0.39 is 30.1 Å². The Bertz CT molecular complexity index is 652. The number of hydrogen-bond acceptors (Lipinski definition) is 6. The lowest BCUT2D eigenvalue weighted by Gasteiger charge is -2.29. The maximum Gasteiger partial charge on any atom is 0.341 e. The van der Waals surface area contributed by atoms with Crippen LogP contribution in [-0.2, 0) is 25.5 Å². The van der Waals surface area contributed by atoms with Crippen LogP contribution < -0.4 is 0 Å². The summed E-state index contributed by atoms with van der Waals surface area (Å²) in [5, 5.41) is 21.9. The molecule has 28 heavy (non-hydrogen) atoms. The van der Waals surface area contributed by atoms with E-state index in [9.17, 15) is 19.8 Å². The summed E-state index contributed by atoms with van der Waals surface area (Å²) in [5.74, 6) is -1.85. The molecule has 1 aromatic rings. The number of aryl methyl sites for hydroxylation is 1. The predicted octanol–water partition coefficient (Wildman–Crippen LogP) is 3.70. The highest BCUT2D eigenvalue weighted by molar-refractivity contribution is 6.35. The maximum atomic E-state index is 11.8. The van der Waals surface area contributed by atoms with E-state index >= 15 is 0 Å². The molecule has 8 heteroatoms. The summed E-state index contributed by atoms with van der Waals surface area (Å²) >= 11 is 12.0. The van der Waals surface area contributed by atoms with Gasteiger partial charge >= 0.3 is 11.9 Å². The molecular weight excluding hydrogens is 407 g/mol. The van der Waals surface area contributed by atoms with E-state index in [2.05, 4.69) is 9.47 Å². The van der Waals surface area contributed by atoms with Crippen molar-refractivity contribution in [3.05, 3.63) is 33.8 Å². The second kappa shape index (κ2) is 12.3. The van der Waals surface area contributed by atoms with Gasteiger partial charge in [0.1, 0.15) is 0 Å². The molecule has 2 N–H and O–H groups in total. The zero-order valence-electron chi connectivity index (χ0n) is 16.2. The lowest BCUT2D eigenvalue weighted by atomic mass is 9.89. The second-order valence-corrected chi connectivity index (χ2v) is 7.57. The Morgan fingerprint density at radius 3 is 2.32 bits per heavy atom. The van der Waals surface area contributed by atoms with Crippen molar-refractivity contribution in [3.8, 4) is 0 Å². The maximum absolute atomic E-state index is 11.8. The summed E-state index contributed by atoms with van der Waals surface area (Å²) in [6, 6.07) is 5.48. The third-order valence-electron chi connectivity index (χ3n) is 4.67. The third-order valence-corrected chi connectivity index (χ3v) is 5.26. The van der Waals surface area contributed by atoms with Gasteiger partial charge in [0.15, 0.2) is 5.60 Å². The molecule has 0 bridgehead atoms. The van der Waals surface area contributed by atoms with Gasteiger partial charge in [0, 0.05) is 10.0 Å². The van der Waals surface area contributed by atoms with E-state index in [1.54, 1.807) is 6.07 Å². The van der Waals surface area contributed by atoms with E-state index in [1.807, 2.05) is 12.1 Å². The van der Waals surface area contributed by atoms with Crippen molar-refractivity contribution in [1.29, 1.82) is 0 Å². The summed E-state index contributed by atoms with van der Waals surface area (Å²) in [6.45, 7) is 0. The molecular formula is C20H28Cl2O6. The number of esters is 2. The first-order valence-electron chi connectivity index (χ1n) is 9.24. The molecule has 0 aliphatic heterocycles. The standard InChI is InChI=1S/C20H28Cl2O6/c1-27-18(24)13-20(26,19(25)28-2)17(23)9-7-5-3-4-6-8-14-10-11-15(21)12-16(14)22/h10-12,17,23,26H,3-9,13H2,1-2H3. The number of unbranched alkanes of at least 4 members (excludes halogenated alkanes) is 4. The fourth-order valence-corrected chi connectivity index (χ4v) is 3.44. The molecule has 6 nitrogen and oxygen atoms in total. The van der Waals surface area contributed by atoms with Crippen molar-refractivity contribution in [2.24, 2.45) is 0 Å². The largest absolute Gasteiger partial charge is 0.469 e. The number of carbonyl (C=O) groups is 2. The van der Waals surface area contributed by atoms with Crippen molar-refractivity contribution < 1.29 is 29.3 Å². The van der Waals surface area contributed by atoms with E-state index in [0.717, 1.165) is 51.9 Å². The van der Waals surface area contributed by atoms with Gasteiger partial charge in [-0.15, -0.1) is 0 Å². The number of halogens is 2. The zero-order chi connectivity index (χ0) is 21.2. The Morgan fingerprint density at radius 2 is 1.71 bits per heavy atom. The van der Waals surface area contributed by atoms with Crippen LogP contribution in [0.5, 0.6) is 0 Å². The second-order valence-electron chi connectivity index (χ2n) is 6.73. The van der Waals surface area contributed by atoms with Gasteiger partial charge in [-0.05, 0) is 37.0 Å². The fourth-order valence-electron chi connectivity index (χ4n) is 2.94. The number of aliphatic hydroxyl groups excluding tert-OH is 1. The number of hydrogen-bond donors (Lipinski definition) is 2. The molecule has 1 rings (SSSR count). The van der Waals surface area contributed by atoms with Gasteiger partial charge in [-0.1, -0.05) is 55.0 Å². The van der Waals surface area contributed by atoms with Crippen LogP contribution in [0.1, 0.15) is 50.5 Å². The first-order valence-corrected chi connectivity index (χ1v) is 9.99. The van der Waals surface area contributed by atoms with Gasteiger partial charge in [0.25, 0.3) is 0 Å². The van der Waals surface area contributed by atoms with Crippen molar-refractivity contribution in [3.63, 3.8) is 0 Å². The van der Waals surface area contributed by atoms with Crippen LogP contribution in [0.4, 0.5) is 0 Å². The quantitative estimate of drug-likeness (QED) is 0.384. The molecule has 158 valence electrons. The number of carbonyl (C=O) groups excluding carboxylic acids is 2. The average molecular weight is 435 g/mol. The van der Waals surface area contributed by atoms with Crippen LogP contribution in [0.15, 0.2) is 18.2 Å². The van der Waals surface area contributed by atoms with Crippen LogP contribution in [0.25, 0.3) is 0 Å². The molecule has 0 saturated carbocycles. The number of ether oxygens (including phenoxy) is 2. The molecule has 2 atom stereocenters. The molecule has 0 aliphatic carbocycles. The highest BCUT2D eigenvalue weighted by Crippen LogP contribution is 2.24. The van der Waals surface area contributed by atoms with Crippen molar-refractivity contribution in [2.45, 2.75) is 63.1 Å². The highest BCUT2D eigenvalue weighted by Gasteiger charge is 2.46. The lowest BCUT2D eigenvalue weighted by Crippen LogP contribution is -2.51. The molecule has 0 spiro atoms. The Hall–Kier alpha value is -1.34. The molecule has 0 aromatic heterocycles. The molecule has 0 amide bonds. The Kier molecular flexibility index (Phi) is 10.8. The van der Waals surface area contributed by atoms with Gasteiger partial charge in [-0.2, -0.15) is 0 Å². The number of rotatable bonds is 12. The molecule has 0 heterocycles. The summed E-state index contributed by atoms with van der Waals surface area (Å²) in [4.78, 5) is 23.3. The monoisotopic (exact) mass is 434 g/mol. The van der Waals surface area contributed by atoms with Gasteiger partial charge in [-0.3, -0.25) is 4.79 Å². The Morgan fingerprint density at radius 1 is 1.07 bits per heavy atom. The molecule has 1 aromatic carbocycles. The zero-order valence-corrected chi connectivity index (χ0v) is 17.8. The topological polar surface area (TPSA) is 93.1 Å². The average Bonchev–Trinajstić information content (AvgIpc) is 2.67. The van der Waals surface area contributed by atoms with Gasteiger partial charge in [0.2, 0.25) is 0 Å². The number of benzene rings is 1. The van der Waals surface area contributed by atoms with Crippen LogP contribution in [0.2, 0.25) is 10.0 Å². The van der Waals surface area contributed by atoms with Crippen LogP contribution in [-0.4, -0.2) is 48.1 Å². The fraction of sp³-hybridized carbons (Fsp3) is 0.600. The Balaban J connectivity index is 2.34. The first-order chi connectivity index (χ1) is 13.2. The van der Waals surface area contributed by atoms with E-state index in [0.29, 0.717) is 16.5 Å². The van der Waals surface area contributed by atoms with Gasteiger partial charge in [-0.25, -0.2) is 4.79 Å². The predicted molar refractivity (Wildman–Crippen MR) is 107 cm³/mol. The summed E-state index contributed by atoms with van der Waals surface area (Å²) < 4.78 is 9.00.